The van der Waals surface area contributed by atoms with Crippen LogP contribution in [0.1, 0.15) is 32.8 Å². The van der Waals surface area contributed by atoms with E-state index in [9.17, 15) is 35.1 Å². The summed E-state index contributed by atoms with van der Waals surface area (Å²) in [6.07, 6.45) is 0.254. The highest BCUT2D eigenvalue weighted by Gasteiger charge is 2.51. The van der Waals surface area contributed by atoms with Gasteiger partial charge in [0.1, 0.15) is 0 Å². The number of allylic oxidation sites excluding steroid dienone is 4. The van der Waals surface area contributed by atoms with Gasteiger partial charge in [-0.2, -0.15) is 21.8 Å². The van der Waals surface area contributed by atoms with Gasteiger partial charge in [-0.1, -0.05) is 54.7 Å². The number of anilines is 1. The smallest absolute Gasteiger partial charge is 0.376 e. The Hall–Kier alpha value is -2.62. The van der Waals surface area contributed by atoms with Gasteiger partial charge in [0.2, 0.25) is 20.0 Å². The lowest BCUT2D eigenvalue weighted by molar-refractivity contribution is -0.258. The van der Waals surface area contributed by atoms with Crippen molar-refractivity contribution in [2.75, 3.05) is 31.1 Å². The van der Waals surface area contributed by atoms with Crippen molar-refractivity contribution < 1.29 is 35.1 Å². The second kappa shape index (κ2) is 12.4. The average molecular weight is 658 g/mol. The summed E-state index contributed by atoms with van der Waals surface area (Å²) in [5.74, 6) is 0. The molecule has 1 heterocycles. The predicted octanol–water partition coefficient (Wildman–Crippen LogP) is 4.59. The molecule has 2 aromatic rings. The van der Waals surface area contributed by atoms with Crippen molar-refractivity contribution in [1.82, 2.24) is 8.61 Å². The Bertz CT molecular complexity index is 1610. The molecule has 1 N–H and O–H groups in total. The zero-order chi connectivity index (χ0) is 31.8. The number of aliphatic hydroxyl groups is 1. The summed E-state index contributed by atoms with van der Waals surface area (Å²) in [6.45, 7) is 4.07. The molecule has 2 aromatic carbocycles. The van der Waals surface area contributed by atoms with Gasteiger partial charge >= 0.3 is 6.18 Å². The van der Waals surface area contributed by atoms with Crippen LogP contribution in [-0.2, 0) is 25.6 Å². The Labute approximate surface area is 256 Å². The molecule has 1 aliphatic heterocycles. The van der Waals surface area contributed by atoms with Crippen LogP contribution >= 0.6 is 12.2 Å². The first-order chi connectivity index (χ1) is 20.0. The van der Waals surface area contributed by atoms with E-state index in [1.807, 2.05) is 0 Å². The van der Waals surface area contributed by atoms with E-state index in [2.05, 4.69) is 0 Å². The fourth-order valence-electron chi connectivity index (χ4n) is 5.10. The summed E-state index contributed by atoms with van der Waals surface area (Å²) >= 11 is 5.33. The fourth-order valence-corrected chi connectivity index (χ4v) is 8.86. The highest BCUT2D eigenvalue weighted by molar-refractivity contribution is 7.96. The molecule has 0 bridgehead atoms. The largest absolute Gasteiger partial charge is 0.421 e. The number of sulfonamides is 2. The molecular formula is C29H34F3N3O5S3. The normalized spacial score (nSPS) is 20.4. The molecule has 0 saturated carbocycles. The van der Waals surface area contributed by atoms with Crippen LogP contribution in [0, 0.1) is 0 Å². The Morgan fingerprint density at radius 1 is 1.02 bits per heavy atom. The quantitative estimate of drug-likeness (QED) is 0.394. The van der Waals surface area contributed by atoms with E-state index in [0.717, 1.165) is 0 Å². The molecule has 0 spiro atoms. The van der Waals surface area contributed by atoms with Crippen molar-refractivity contribution in [3.8, 4) is 0 Å². The first-order valence-electron chi connectivity index (χ1n) is 13.6. The number of benzene rings is 2. The minimum absolute atomic E-state index is 0.0218. The van der Waals surface area contributed by atoms with Gasteiger partial charge in [0.15, 0.2) is 5.60 Å². The van der Waals surface area contributed by atoms with Crippen LogP contribution in [0.15, 0.2) is 82.6 Å². The molecule has 2 atom stereocenters. The molecule has 234 valence electrons. The van der Waals surface area contributed by atoms with Gasteiger partial charge in [0, 0.05) is 49.2 Å². The van der Waals surface area contributed by atoms with E-state index in [4.69, 9.17) is 12.2 Å². The monoisotopic (exact) mass is 657 g/mol. The molecule has 1 aliphatic carbocycles. The van der Waals surface area contributed by atoms with E-state index in [-0.39, 0.29) is 46.4 Å². The maximum absolute atomic E-state index is 13.7. The Morgan fingerprint density at radius 3 is 2.21 bits per heavy atom. The zero-order valence-corrected chi connectivity index (χ0v) is 26.3. The van der Waals surface area contributed by atoms with Crippen LogP contribution < -0.4 is 4.90 Å². The SMILES string of the molecule is CC(C)N(C[C@H]1CN(S(=O)(=O)C2=CC=CCC2=S)CCN1c1ccc([C@](C)(O)C(F)(F)F)cc1)S(=O)(=O)c1ccccc1. The van der Waals surface area contributed by atoms with Gasteiger partial charge in [-0.05, 0) is 56.7 Å². The first kappa shape index (κ1) is 33.3. The number of hydrogen-bond acceptors (Lipinski definition) is 7. The third-order valence-corrected chi connectivity index (χ3v) is 12.2. The van der Waals surface area contributed by atoms with Crippen molar-refractivity contribution in [2.24, 2.45) is 0 Å². The number of halogens is 3. The summed E-state index contributed by atoms with van der Waals surface area (Å²) in [6, 6.07) is 11.8. The lowest BCUT2D eigenvalue weighted by atomic mass is 9.95. The Morgan fingerprint density at radius 2 is 1.65 bits per heavy atom. The predicted molar refractivity (Wildman–Crippen MR) is 164 cm³/mol. The van der Waals surface area contributed by atoms with Crippen LogP contribution in [0.5, 0.6) is 0 Å². The third-order valence-electron chi connectivity index (χ3n) is 7.65. The summed E-state index contributed by atoms with van der Waals surface area (Å²) < 4.78 is 97.7. The zero-order valence-electron chi connectivity index (χ0n) is 23.9. The van der Waals surface area contributed by atoms with Crippen LogP contribution in [0.4, 0.5) is 18.9 Å². The number of hydrogen-bond donors (Lipinski definition) is 1. The number of piperazine rings is 1. The van der Waals surface area contributed by atoms with Gasteiger partial charge < -0.3 is 10.0 Å². The topological polar surface area (TPSA) is 98.2 Å². The molecule has 2 aliphatic rings. The minimum Gasteiger partial charge on any atom is -0.376 e. The lowest BCUT2D eigenvalue weighted by Crippen LogP contribution is -2.59. The van der Waals surface area contributed by atoms with Crippen molar-refractivity contribution in [1.29, 1.82) is 0 Å². The number of thiocarbonyl (C=S) groups is 1. The summed E-state index contributed by atoms with van der Waals surface area (Å²) in [5, 5.41) is 10.1. The summed E-state index contributed by atoms with van der Waals surface area (Å²) in [7, 11) is -8.00. The Kier molecular flexibility index (Phi) is 9.60. The van der Waals surface area contributed by atoms with E-state index in [1.165, 1.54) is 51.1 Å². The molecule has 0 amide bonds. The minimum atomic E-state index is -4.90. The van der Waals surface area contributed by atoms with Crippen LogP contribution in [0.25, 0.3) is 0 Å². The van der Waals surface area contributed by atoms with Gasteiger partial charge in [0.05, 0.1) is 15.8 Å². The molecular weight excluding hydrogens is 624 g/mol. The standard InChI is InChI=1S/C29H34F3N3O5S3/c1-21(2)35(42(37,38)25-9-5-4-6-10-25)20-24-19-33(43(39,40)27-12-8-7-11-26(27)41)17-18-34(24)23-15-13-22(14-16-23)28(3,36)29(30,31)32/h4-10,12-16,21,24,36H,11,17-20H2,1-3H3/t24-,28+/m1/s1. The molecule has 43 heavy (non-hydrogen) atoms. The average Bonchev–Trinajstić information content (AvgIpc) is 2.95. The number of nitrogens with zero attached hydrogens (tertiary/aromatic N) is 3. The summed E-state index contributed by atoms with van der Waals surface area (Å²) in [4.78, 5) is 2.18. The maximum Gasteiger partial charge on any atom is 0.421 e. The molecule has 0 unspecified atom stereocenters. The first-order valence-corrected chi connectivity index (χ1v) is 16.9. The van der Waals surface area contributed by atoms with Gasteiger partial charge in [-0.15, -0.1) is 0 Å². The highest BCUT2D eigenvalue weighted by Crippen LogP contribution is 2.39. The van der Waals surface area contributed by atoms with Crippen molar-refractivity contribution in [3.63, 3.8) is 0 Å². The Balaban J connectivity index is 1.73. The highest BCUT2D eigenvalue weighted by atomic mass is 32.2. The van der Waals surface area contributed by atoms with E-state index in [0.29, 0.717) is 19.0 Å². The number of rotatable bonds is 9. The van der Waals surface area contributed by atoms with Crippen molar-refractivity contribution in [3.05, 3.63) is 83.3 Å². The second-order valence-corrected chi connectivity index (χ2v) is 15.2. The van der Waals surface area contributed by atoms with Crippen LogP contribution in [0.2, 0.25) is 0 Å². The van der Waals surface area contributed by atoms with E-state index >= 15 is 0 Å². The molecule has 0 radical (unpaired) electrons. The molecule has 0 aromatic heterocycles. The lowest BCUT2D eigenvalue weighted by Gasteiger charge is -2.44. The molecule has 1 fully saturated rings. The van der Waals surface area contributed by atoms with Crippen molar-refractivity contribution >= 4 is 42.8 Å². The molecule has 4 rings (SSSR count). The van der Waals surface area contributed by atoms with Crippen LogP contribution in [-0.4, -0.2) is 79.9 Å². The molecule has 14 heteroatoms. The van der Waals surface area contributed by atoms with E-state index < -0.39 is 43.9 Å². The fraction of sp³-hybridized carbons (Fsp3) is 0.414. The maximum atomic E-state index is 13.7. The summed E-state index contributed by atoms with van der Waals surface area (Å²) in [5.41, 5.74) is -2.97. The molecule has 8 nitrogen and oxygen atoms in total. The van der Waals surface area contributed by atoms with E-state index in [1.54, 1.807) is 49.1 Å². The van der Waals surface area contributed by atoms with Crippen molar-refractivity contribution in [2.45, 2.75) is 55.9 Å². The van der Waals surface area contributed by atoms with Crippen LogP contribution in [0.3, 0.4) is 0 Å². The molecule has 1 saturated heterocycles. The second-order valence-electron chi connectivity index (χ2n) is 10.9. The number of alkyl halides is 3. The van der Waals surface area contributed by atoms with Gasteiger partial charge in [-0.25, -0.2) is 16.8 Å². The van der Waals surface area contributed by atoms with Gasteiger partial charge in [-0.3, -0.25) is 0 Å². The van der Waals surface area contributed by atoms with Gasteiger partial charge in [0.25, 0.3) is 0 Å². The third kappa shape index (κ3) is 6.74.